The summed E-state index contributed by atoms with van der Waals surface area (Å²) < 4.78 is 7.44. The molecule has 2 aromatic heterocycles. The van der Waals surface area contributed by atoms with E-state index in [0.717, 1.165) is 27.2 Å². The lowest BCUT2D eigenvalue weighted by Gasteiger charge is -2.22. The topological polar surface area (TPSA) is 85.2 Å². The van der Waals surface area contributed by atoms with Gasteiger partial charge in [0.25, 0.3) is 5.91 Å². The van der Waals surface area contributed by atoms with Crippen molar-refractivity contribution in [2.45, 2.75) is 46.3 Å². The van der Waals surface area contributed by atoms with Crippen molar-refractivity contribution >= 4 is 44.6 Å². The van der Waals surface area contributed by atoms with Crippen LogP contribution >= 0.6 is 0 Å². The number of hydrogen-bond acceptors (Lipinski definition) is 4. The van der Waals surface area contributed by atoms with Crippen LogP contribution in [0.2, 0.25) is 0 Å². The number of nitrogens with zero attached hydrogens (tertiary/aromatic N) is 2. The minimum absolute atomic E-state index is 0.189. The van der Waals surface area contributed by atoms with Crippen molar-refractivity contribution in [2.75, 3.05) is 6.54 Å². The average Bonchev–Trinajstić information content (AvgIpc) is 3.02. The Kier molecular flexibility index (Phi) is 5.74. The fraction of sp³-hybridized carbons (Fsp3) is 0.346. The quantitative estimate of drug-likeness (QED) is 0.470. The number of pyridine rings is 1. The maximum Gasteiger partial charge on any atom is 0.407 e. The Morgan fingerprint density at radius 2 is 1.88 bits per heavy atom. The summed E-state index contributed by atoms with van der Waals surface area (Å²) in [5, 5.41) is 10.0. The highest BCUT2D eigenvalue weighted by molar-refractivity contribution is 6.15. The third-order valence-electron chi connectivity index (χ3n) is 5.74. The van der Waals surface area contributed by atoms with Crippen molar-refractivity contribution in [1.29, 1.82) is 0 Å². The van der Waals surface area contributed by atoms with E-state index < -0.39 is 11.7 Å². The number of carbonyl (C=O) groups is 2. The molecule has 7 heteroatoms. The van der Waals surface area contributed by atoms with E-state index in [1.807, 2.05) is 64.4 Å². The predicted octanol–water partition coefficient (Wildman–Crippen LogP) is 4.83. The number of rotatable bonds is 4. The lowest BCUT2D eigenvalue weighted by Crippen LogP contribution is -2.43. The Hall–Kier alpha value is -3.61. The molecule has 4 rings (SSSR count). The molecular formula is C26H30N4O3. The van der Waals surface area contributed by atoms with Crippen molar-refractivity contribution in [3.8, 4) is 0 Å². The van der Waals surface area contributed by atoms with Crippen LogP contribution in [-0.2, 0) is 11.8 Å². The van der Waals surface area contributed by atoms with Crippen molar-refractivity contribution in [3.63, 3.8) is 0 Å². The molecule has 0 aliphatic carbocycles. The van der Waals surface area contributed by atoms with E-state index in [1.165, 1.54) is 10.9 Å². The smallest absolute Gasteiger partial charge is 0.407 e. The van der Waals surface area contributed by atoms with Crippen LogP contribution < -0.4 is 10.6 Å². The maximum atomic E-state index is 12.9. The van der Waals surface area contributed by atoms with Crippen LogP contribution in [0.4, 0.5) is 4.79 Å². The monoisotopic (exact) mass is 446 g/mol. The third-order valence-corrected chi connectivity index (χ3v) is 5.74. The zero-order valence-corrected chi connectivity index (χ0v) is 19.9. The van der Waals surface area contributed by atoms with Crippen LogP contribution in [0.15, 0.2) is 42.7 Å². The molecule has 0 aliphatic heterocycles. The largest absolute Gasteiger partial charge is 0.444 e. The lowest BCUT2D eigenvalue weighted by atomic mass is 10.0. The predicted molar refractivity (Wildman–Crippen MR) is 132 cm³/mol. The summed E-state index contributed by atoms with van der Waals surface area (Å²) >= 11 is 0. The molecule has 1 atom stereocenters. The second kappa shape index (κ2) is 8.39. The minimum atomic E-state index is -0.569. The van der Waals surface area contributed by atoms with Gasteiger partial charge in [-0.05, 0) is 75.9 Å². The minimum Gasteiger partial charge on any atom is -0.444 e. The number of alkyl carbamates (subject to hydrolysis) is 1. The molecule has 2 heterocycles. The number of hydrogen-bond donors (Lipinski definition) is 2. The van der Waals surface area contributed by atoms with E-state index in [2.05, 4.69) is 40.2 Å². The summed E-state index contributed by atoms with van der Waals surface area (Å²) in [4.78, 5) is 29.0. The van der Waals surface area contributed by atoms with E-state index in [-0.39, 0.29) is 11.9 Å². The van der Waals surface area contributed by atoms with Crippen molar-refractivity contribution in [2.24, 2.45) is 7.05 Å². The number of amides is 2. The second-order valence-electron chi connectivity index (χ2n) is 9.54. The van der Waals surface area contributed by atoms with Gasteiger partial charge >= 0.3 is 6.09 Å². The van der Waals surface area contributed by atoms with Gasteiger partial charge in [0.2, 0.25) is 0 Å². The molecule has 172 valence electrons. The van der Waals surface area contributed by atoms with Gasteiger partial charge < -0.3 is 19.9 Å². The fourth-order valence-electron chi connectivity index (χ4n) is 4.27. The summed E-state index contributed by atoms with van der Waals surface area (Å²) in [5.41, 5.74) is 3.41. The summed E-state index contributed by atoms with van der Waals surface area (Å²) in [6, 6.07) is 9.65. The van der Waals surface area contributed by atoms with Crippen molar-refractivity contribution in [3.05, 3.63) is 53.9 Å². The highest BCUT2D eigenvalue weighted by Gasteiger charge is 2.19. The Bertz CT molecular complexity index is 1380. The van der Waals surface area contributed by atoms with Gasteiger partial charge in [-0.2, -0.15) is 0 Å². The van der Waals surface area contributed by atoms with Gasteiger partial charge in [-0.15, -0.1) is 0 Å². The number of nitrogens with one attached hydrogen (secondary N) is 2. The molecule has 0 radical (unpaired) electrons. The van der Waals surface area contributed by atoms with Gasteiger partial charge in [-0.3, -0.25) is 9.78 Å². The van der Waals surface area contributed by atoms with E-state index in [0.29, 0.717) is 12.1 Å². The lowest BCUT2D eigenvalue weighted by molar-refractivity contribution is 0.0506. The van der Waals surface area contributed by atoms with Gasteiger partial charge in [-0.1, -0.05) is 0 Å². The summed E-state index contributed by atoms with van der Waals surface area (Å²) in [6.07, 6.45) is 3.18. The molecule has 2 amide bonds. The number of aromatic nitrogens is 2. The highest BCUT2D eigenvalue weighted by atomic mass is 16.6. The van der Waals surface area contributed by atoms with Gasteiger partial charge in [0.05, 0.1) is 5.52 Å². The SMILES string of the molecule is Cc1c2ccncc2cc2c3cc(C(=O)NCC(C)NC(=O)OC(C)(C)C)ccc3n(C)c12. The molecule has 2 N–H and O–H groups in total. The molecule has 4 aromatic rings. The molecule has 7 nitrogen and oxygen atoms in total. The molecule has 0 spiro atoms. The van der Waals surface area contributed by atoms with Crippen LogP contribution in [0.3, 0.4) is 0 Å². The molecule has 2 aromatic carbocycles. The van der Waals surface area contributed by atoms with Gasteiger partial charge in [0.15, 0.2) is 0 Å². The molecule has 0 saturated heterocycles. The van der Waals surface area contributed by atoms with Gasteiger partial charge in [0.1, 0.15) is 5.60 Å². The van der Waals surface area contributed by atoms with E-state index in [4.69, 9.17) is 4.74 Å². The Balaban J connectivity index is 1.58. The summed E-state index contributed by atoms with van der Waals surface area (Å²) in [6.45, 7) is 9.66. The standard InChI is InChI=1S/C26H30N4O3/c1-15(29-25(32)33-26(3,4)5)13-28-24(31)17-7-8-22-20(11-17)21-12-18-14-27-10-9-19(18)16(2)23(21)30(22)6/h7-12,14-15H,13H2,1-6H3,(H,28,31)(H,29,32). The number of carbonyl (C=O) groups excluding carboxylic acids is 2. The van der Waals surface area contributed by atoms with Gasteiger partial charge in [-0.25, -0.2) is 4.79 Å². The molecule has 33 heavy (non-hydrogen) atoms. The summed E-state index contributed by atoms with van der Waals surface area (Å²) in [5.74, 6) is -0.189. The maximum absolute atomic E-state index is 12.9. The normalized spacial score (nSPS) is 12.8. The summed E-state index contributed by atoms with van der Waals surface area (Å²) in [7, 11) is 2.05. The number of fused-ring (bicyclic) bond motifs is 4. The number of benzene rings is 2. The zero-order chi connectivity index (χ0) is 23.9. The molecule has 0 bridgehead atoms. The van der Waals surface area contributed by atoms with E-state index in [9.17, 15) is 9.59 Å². The first kappa shape index (κ1) is 22.6. The second-order valence-corrected chi connectivity index (χ2v) is 9.54. The Morgan fingerprint density at radius 3 is 2.61 bits per heavy atom. The molecule has 0 saturated carbocycles. The van der Waals surface area contributed by atoms with Crippen LogP contribution in [0.1, 0.15) is 43.6 Å². The third kappa shape index (κ3) is 4.49. The molecular weight excluding hydrogens is 416 g/mol. The van der Waals surface area contributed by atoms with E-state index in [1.54, 1.807) is 0 Å². The Morgan fingerprint density at radius 1 is 1.12 bits per heavy atom. The van der Waals surface area contributed by atoms with Crippen LogP contribution in [0, 0.1) is 6.92 Å². The number of aryl methyl sites for hydroxylation is 2. The van der Waals surface area contributed by atoms with Crippen LogP contribution in [-0.4, -0.2) is 39.7 Å². The Labute approximate surface area is 193 Å². The van der Waals surface area contributed by atoms with Crippen LogP contribution in [0.25, 0.3) is 32.6 Å². The molecule has 0 aliphatic rings. The first-order valence-electron chi connectivity index (χ1n) is 11.1. The first-order chi connectivity index (χ1) is 15.5. The fourth-order valence-corrected chi connectivity index (χ4v) is 4.27. The highest BCUT2D eigenvalue weighted by Crippen LogP contribution is 2.35. The first-order valence-corrected chi connectivity index (χ1v) is 11.1. The van der Waals surface area contributed by atoms with E-state index >= 15 is 0 Å². The zero-order valence-electron chi connectivity index (χ0n) is 19.9. The van der Waals surface area contributed by atoms with Gasteiger partial charge in [0, 0.05) is 59.3 Å². The average molecular weight is 447 g/mol. The number of ether oxygens (including phenoxy) is 1. The molecule has 1 unspecified atom stereocenters. The van der Waals surface area contributed by atoms with Crippen molar-refractivity contribution < 1.29 is 14.3 Å². The van der Waals surface area contributed by atoms with Crippen LogP contribution in [0.5, 0.6) is 0 Å². The van der Waals surface area contributed by atoms with Crippen molar-refractivity contribution in [1.82, 2.24) is 20.2 Å². The molecule has 0 fully saturated rings.